The summed E-state index contributed by atoms with van der Waals surface area (Å²) in [5.74, 6) is -1.30. The van der Waals surface area contributed by atoms with Crippen LogP contribution in [0.1, 0.15) is 23.6 Å². The lowest BCUT2D eigenvalue weighted by atomic mass is 9.95. The van der Waals surface area contributed by atoms with Crippen molar-refractivity contribution in [3.63, 3.8) is 0 Å². The van der Waals surface area contributed by atoms with Crippen LogP contribution in [0.2, 0.25) is 0 Å². The van der Waals surface area contributed by atoms with Crippen molar-refractivity contribution in [1.82, 2.24) is 4.90 Å². The van der Waals surface area contributed by atoms with E-state index in [1.54, 1.807) is 24.3 Å². The molecule has 162 valence electrons. The maximum atomic E-state index is 12.9. The minimum Gasteiger partial charge on any atom is -0.507 e. The molecule has 0 radical (unpaired) electrons. The van der Waals surface area contributed by atoms with Gasteiger partial charge in [-0.15, -0.1) is 0 Å². The lowest BCUT2D eigenvalue weighted by Crippen LogP contribution is -2.31. The topological polar surface area (TPSA) is 119 Å². The molecule has 0 unspecified atom stereocenters. The average Bonchev–Trinajstić information content (AvgIpc) is 3.04. The first-order valence-corrected chi connectivity index (χ1v) is 9.55. The van der Waals surface area contributed by atoms with Gasteiger partial charge in [0.15, 0.2) is 0 Å². The SMILES string of the molecule is COCCCN1C(=O)C(=O)/C(=C(/O)c2ccc(OC)cc2)[C@@H]1c1ccc([N+](=O)[O-])cc1. The van der Waals surface area contributed by atoms with Crippen LogP contribution in [0.25, 0.3) is 5.76 Å². The standard InChI is InChI=1S/C22H22N2O7/c1-30-13-3-12-23-19(14-4-8-16(9-5-14)24(28)29)18(21(26)22(23)27)20(25)15-6-10-17(31-2)11-7-15/h4-11,19,25H,3,12-13H2,1-2H3/b20-18+/t19-/m0/s1. The summed E-state index contributed by atoms with van der Waals surface area (Å²) in [7, 11) is 3.04. The Morgan fingerprint density at radius 3 is 2.29 bits per heavy atom. The van der Waals surface area contributed by atoms with Crippen LogP contribution in [0.5, 0.6) is 5.75 Å². The van der Waals surface area contributed by atoms with E-state index >= 15 is 0 Å². The normalized spacial score (nSPS) is 17.7. The first-order valence-electron chi connectivity index (χ1n) is 9.55. The van der Waals surface area contributed by atoms with Crippen molar-refractivity contribution in [2.75, 3.05) is 27.4 Å². The number of hydrogen-bond acceptors (Lipinski definition) is 7. The van der Waals surface area contributed by atoms with Crippen molar-refractivity contribution in [3.8, 4) is 5.75 Å². The van der Waals surface area contributed by atoms with Crippen LogP contribution >= 0.6 is 0 Å². The van der Waals surface area contributed by atoms with E-state index in [0.29, 0.717) is 29.9 Å². The van der Waals surface area contributed by atoms with E-state index in [4.69, 9.17) is 9.47 Å². The summed E-state index contributed by atoms with van der Waals surface area (Å²) >= 11 is 0. The van der Waals surface area contributed by atoms with Crippen LogP contribution in [0.3, 0.4) is 0 Å². The van der Waals surface area contributed by atoms with Gasteiger partial charge in [-0.2, -0.15) is 0 Å². The first-order chi connectivity index (χ1) is 14.9. The number of aliphatic hydroxyl groups excluding tert-OH is 1. The third-order valence-electron chi connectivity index (χ3n) is 5.07. The largest absolute Gasteiger partial charge is 0.507 e. The van der Waals surface area contributed by atoms with E-state index in [1.165, 1.54) is 43.4 Å². The molecule has 0 spiro atoms. The summed E-state index contributed by atoms with van der Waals surface area (Å²) in [5.41, 5.74) is 0.650. The Bertz CT molecular complexity index is 1010. The van der Waals surface area contributed by atoms with E-state index in [2.05, 4.69) is 0 Å². The van der Waals surface area contributed by atoms with Crippen LogP contribution in [0.4, 0.5) is 5.69 Å². The number of hydrogen-bond donors (Lipinski definition) is 1. The van der Waals surface area contributed by atoms with Gasteiger partial charge in [-0.3, -0.25) is 19.7 Å². The van der Waals surface area contributed by atoms with Gasteiger partial charge in [-0.25, -0.2) is 0 Å². The monoisotopic (exact) mass is 426 g/mol. The van der Waals surface area contributed by atoms with Gasteiger partial charge in [0.1, 0.15) is 11.5 Å². The third kappa shape index (κ3) is 4.41. The number of aliphatic hydroxyl groups is 1. The molecule has 1 N–H and O–H groups in total. The molecule has 1 fully saturated rings. The Labute approximate surface area is 178 Å². The second kappa shape index (κ2) is 9.40. The van der Waals surface area contributed by atoms with Crippen molar-refractivity contribution in [2.24, 2.45) is 0 Å². The Morgan fingerprint density at radius 2 is 1.74 bits per heavy atom. The number of nitrogens with zero attached hydrogens (tertiary/aromatic N) is 2. The zero-order valence-electron chi connectivity index (χ0n) is 17.1. The minimum atomic E-state index is -0.875. The molecule has 0 aromatic heterocycles. The molecular formula is C22H22N2O7. The number of likely N-dealkylation sites (tertiary alicyclic amines) is 1. The highest BCUT2D eigenvalue weighted by atomic mass is 16.6. The van der Waals surface area contributed by atoms with Gasteiger partial charge in [0.25, 0.3) is 17.4 Å². The fraction of sp³-hybridized carbons (Fsp3) is 0.273. The minimum absolute atomic E-state index is 0.0681. The molecule has 3 rings (SSSR count). The highest BCUT2D eigenvalue weighted by Crippen LogP contribution is 2.40. The zero-order chi connectivity index (χ0) is 22.5. The van der Waals surface area contributed by atoms with Gasteiger partial charge in [0.2, 0.25) is 0 Å². The molecule has 1 heterocycles. The number of benzene rings is 2. The van der Waals surface area contributed by atoms with Crippen LogP contribution in [0, 0.1) is 10.1 Å². The Hall–Kier alpha value is -3.72. The number of amides is 1. The summed E-state index contributed by atoms with van der Waals surface area (Å²) in [6.07, 6.45) is 0.482. The molecule has 2 aromatic carbocycles. The Morgan fingerprint density at radius 1 is 1.10 bits per heavy atom. The Kier molecular flexibility index (Phi) is 6.66. The smallest absolute Gasteiger partial charge is 0.295 e. The number of carbonyl (C=O) groups excluding carboxylic acids is 2. The Balaban J connectivity index is 2.10. The van der Waals surface area contributed by atoms with Gasteiger partial charge in [0.05, 0.1) is 23.6 Å². The molecule has 1 aliphatic rings. The average molecular weight is 426 g/mol. The number of non-ortho nitro benzene ring substituents is 1. The molecule has 0 saturated carbocycles. The summed E-state index contributed by atoms with van der Waals surface area (Å²) in [5, 5.41) is 21.9. The van der Waals surface area contributed by atoms with Crippen molar-refractivity contribution >= 4 is 23.1 Å². The highest BCUT2D eigenvalue weighted by molar-refractivity contribution is 6.46. The number of ether oxygens (including phenoxy) is 2. The van der Waals surface area contributed by atoms with E-state index in [0.717, 1.165) is 0 Å². The number of methoxy groups -OCH3 is 2. The highest BCUT2D eigenvalue weighted by Gasteiger charge is 2.45. The van der Waals surface area contributed by atoms with Gasteiger partial charge in [0, 0.05) is 38.0 Å². The molecular weight excluding hydrogens is 404 g/mol. The van der Waals surface area contributed by atoms with Crippen molar-refractivity contribution < 1.29 is 29.1 Å². The summed E-state index contributed by atoms with van der Waals surface area (Å²) < 4.78 is 10.2. The van der Waals surface area contributed by atoms with Crippen LogP contribution in [-0.4, -0.2) is 54.0 Å². The summed E-state index contributed by atoms with van der Waals surface area (Å²) in [4.78, 5) is 37.5. The van der Waals surface area contributed by atoms with Crippen molar-refractivity contribution in [1.29, 1.82) is 0 Å². The number of nitro groups is 1. The molecule has 0 bridgehead atoms. The predicted molar refractivity (Wildman–Crippen MR) is 112 cm³/mol. The summed E-state index contributed by atoms with van der Waals surface area (Å²) in [6.45, 7) is 0.605. The lowest BCUT2D eigenvalue weighted by Gasteiger charge is -2.25. The van der Waals surface area contributed by atoms with Crippen molar-refractivity contribution in [2.45, 2.75) is 12.5 Å². The van der Waals surface area contributed by atoms with Gasteiger partial charge in [-0.1, -0.05) is 0 Å². The number of nitro benzene ring substituents is 1. The van der Waals surface area contributed by atoms with E-state index in [9.17, 15) is 24.8 Å². The maximum Gasteiger partial charge on any atom is 0.295 e. The first kappa shape index (κ1) is 22.0. The summed E-state index contributed by atoms with van der Waals surface area (Å²) in [6, 6.07) is 11.1. The fourth-order valence-corrected chi connectivity index (χ4v) is 3.52. The van der Waals surface area contributed by atoms with Crippen LogP contribution in [-0.2, 0) is 14.3 Å². The number of carbonyl (C=O) groups is 2. The van der Waals surface area contributed by atoms with Gasteiger partial charge in [-0.05, 0) is 48.4 Å². The lowest BCUT2D eigenvalue weighted by molar-refractivity contribution is -0.384. The molecule has 9 nitrogen and oxygen atoms in total. The van der Waals surface area contributed by atoms with Crippen molar-refractivity contribution in [3.05, 3.63) is 75.3 Å². The van der Waals surface area contributed by atoms with E-state index < -0.39 is 22.7 Å². The number of ketones is 1. The number of rotatable bonds is 8. The van der Waals surface area contributed by atoms with E-state index in [-0.39, 0.29) is 23.6 Å². The van der Waals surface area contributed by atoms with Crippen LogP contribution < -0.4 is 4.74 Å². The third-order valence-corrected chi connectivity index (χ3v) is 5.07. The molecule has 1 aliphatic heterocycles. The number of Topliss-reactive ketones (excluding diaryl/α,β-unsaturated/α-hetero) is 1. The zero-order valence-corrected chi connectivity index (χ0v) is 17.1. The molecule has 9 heteroatoms. The second-order valence-corrected chi connectivity index (χ2v) is 6.92. The fourth-order valence-electron chi connectivity index (χ4n) is 3.52. The predicted octanol–water partition coefficient (Wildman–Crippen LogP) is 3.06. The molecule has 31 heavy (non-hydrogen) atoms. The maximum absolute atomic E-state index is 12.9. The molecule has 1 saturated heterocycles. The quantitative estimate of drug-likeness (QED) is 0.172. The van der Waals surface area contributed by atoms with Crippen LogP contribution in [0.15, 0.2) is 54.1 Å². The van der Waals surface area contributed by atoms with E-state index in [1.807, 2.05) is 0 Å². The van der Waals surface area contributed by atoms with Gasteiger partial charge >= 0.3 is 0 Å². The molecule has 1 atom stereocenters. The second-order valence-electron chi connectivity index (χ2n) is 6.92. The van der Waals surface area contributed by atoms with Gasteiger partial charge < -0.3 is 19.5 Å². The molecule has 0 aliphatic carbocycles. The molecule has 2 aromatic rings. The molecule has 1 amide bonds.